The minimum Gasteiger partial charge on any atom is -0.480 e. The second kappa shape index (κ2) is 6.43. The Balaban J connectivity index is 1.82. The molecule has 0 bridgehead atoms. The number of rotatable bonds is 3. The Morgan fingerprint density at radius 2 is 1.96 bits per heavy atom. The molecule has 0 spiro atoms. The van der Waals surface area contributed by atoms with E-state index in [1.54, 1.807) is 12.1 Å². The van der Waals surface area contributed by atoms with Gasteiger partial charge in [0.1, 0.15) is 12.4 Å². The predicted octanol–water partition coefficient (Wildman–Crippen LogP) is 1.95. The SMILES string of the molecule is Cc1cc(C)c(NC(=O)CN2C(=O)COc3ccc(N)nc32)c(C)c1. The molecule has 130 valence electrons. The normalized spacial score (nSPS) is 13.2. The molecule has 0 saturated heterocycles. The molecule has 2 amide bonds. The van der Waals surface area contributed by atoms with Crippen molar-refractivity contribution in [2.75, 3.05) is 29.1 Å². The van der Waals surface area contributed by atoms with Crippen LogP contribution in [0, 0.1) is 20.8 Å². The van der Waals surface area contributed by atoms with Gasteiger partial charge in [0.05, 0.1) is 0 Å². The lowest BCUT2D eigenvalue weighted by Gasteiger charge is -2.28. The number of hydrogen-bond acceptors (Lipinski definition) is 5. The van der Waals surface area contributed by atoms with Gasteiger partial charge in [0.25, 0.3) is 5.91 Å². The number of anilines is 3. The summed E-state index contributed by atoms with van der Waals surface area (Å²) < 4.78 is 5.33. The third kappa shape index (κ3) is 3.40. The largest absolute Gasteiger partial charge is 0.480 e. The Morgan fingerprint density at radius 1 is 1.28 bits per heavy atom. The fourth-order valence-corrected chi connectivity index (χ4v) is 2.95. The van der Waals surface area contributed by atoms with E-state index in [-0.39, 0.29) is 36.6 Å². The van der Waals surface area contributed by atoms with Gasteiger partial charge < -0.3 is 15.8 Å². The van der Waals surface area contributed by atoms with Gasteiger partial charge in [-0.1, -0.05) is 17.7 Å². The van der Waals surface area contributed by atoms with Crippen molar-refractivity contribution in [3.63, 3.8) is 0 Å². The summed E-state index contributed by atoms with van der Waals surface area (Å²) in [5.41, 5.74) is 9.53. The van der Waals surface area contributed by atoms with Crippen molar-refractivity contribution in [1.29, 1.82) is 0 Å². The summed E-state index contributed by atoms with van der Waals surface area (Å²) in [7, 11) is 0. The third-order valence-electron chi connectivity index (χ3n) is 4.01. The van der Waals surface area contributed by atoms with Crippen molar-refractivity contribution in [3.05, 3.63) is 41.0 Å². The fourth-order valence-electron chi connectivity index (χ4n) is 2.95. The smallest absolute Gasteiger partial charge is 0.266 e. The van der Waals surface area contributed by atoms with Crippen molar-refractivity contribution in [3.8, 4) is 5.75 Å². The van der Waals surface area contributed by atoms with Crippen LogP contribution in [0.25, 0.3) is 0 Å². The monoisotopic (exact) mass is 340 g/mol. The lowest BCUT2D eigenvalue weighted by atomic mass is 10.1. The minimum atomic E-state index is -0.335. The van der Waals surface area contributed by atoms with Crippen LogP contribution in [0.2, 0.25) is 0 Å². The van der Waals surface area contributed by atoms with Crippen molar-refractivity contribution >= 4 is 29.1 Å². The minimum absolute atomic E-state index is 0.130. The lowest BCUT2D eigenvalue weighted by Crippen LogP contribution is -2.44. The zero-order chi connectivity index (χ0) is 18.1. The van der Waals surface area contributed by atoms with E-state index in [9.17, 15) is 9.59 Å². The maximum Gasteiger partial charge on any atom is 0.266 e. The summed E-state index contributed by atoms with van der Waals surface area (Å²) in [6, 6.07) is 7.23. The second-order valence-corrected chi connectivity index (χ2v) is 6.15. The van der Waals surface area contributed by atoms with Gasteiger partial charge in [-0.15, -0.1) is 0 Å². The number of amides is 2. The predicted molar refractivity (Wildman–Crippen MR) is 95.8 cm³/mol. The van der Waals surface area contributed by atoms with Crippen LogP contribution in [0.15, 0.2) is 24.3 Å². The summed E-state index contributed by atoms with van der Waals surface area (Å²) in [5, 5.41) is 2.89. The number of ether oxygens (including phenoxy) is 1. The van der Waals surface area contributed by atoms with Crippen LogP contribution >= 0.6 is 0 Å². The standard InChI is InChI=1S/C18H20N4O3/c1-10-6-11(2)17(12(3)7-10)21-15(23)8-22-16(24)9-25-13-4-5-14(19)20-18(13)22/h4-7H,8-9H2,1-3H3,(H2,19,20)(H,21,23). The highest BCUT2D eigenvalue weighted by molar-refractivity contribution is 6.04. The van der Waals surface area contributed by atoms with Gasteiger partial charge in [0.15, 0.2) is 18.2 Å². The quantitative estimate of drug-likeness (QED) is 0.890. The molecule has 1 aromatic heterocycles. The number of hydrogen-bond donors (Lipinski definition) is 2. The maximum atomic E-state index is 12.5. The molecule has 1 aliphatic rings. The van der Waals surface area contributed by atoms with E-state index >= 15 is 0 Å². The molecule has 0 saturated carbocycles. The van der Waals surface area contributed by atoms with Gasteiger partial charge in [-0.3, -0.25) is 14.5 Å². The number of carbonyl (C=O) groups excluding carboxylic acids is 2. The summed E-state index contributed by atoms with van der Waals surface area (Å²) in [5.74, 6) is 0.319. The molecule has 0 unspecified atom stereocenters. The zero-order valence-corrected chi connectivity index (χ0v) is 14.4. The second-order valence-electron chi connectivity index (χ2n) is 6.15. The van der Waals surface area contributed by atoms with Crippen LogP contribution in [-0.2, 0) is 9.59 Å². The average Bonchev–Trinajstić information content (AvgIpc) is 2.54. The van der Waals surface area contributed by atoms with Gasteiger partial charge in [-0.05, 0) is 44.0 Å². The number of nitrogen functional groups attached to an aromatic ring is 1. The highest BCUT2D eigenvalue weighted by atomic mass is 16.5. The first-order valence-electron chi connectivity index (χ1n) is 7.92. The van der Waals surface area contributed by atoms with E-state index in [0.29, 0.717) is 5.75 Å². The highest BCUT2D eigenvalue weighted by Gasteiger charge is 2.29. The van der Waals surface area contributed by atoms with Gasteiger partial charge in [-0.2, -0.15) is 0 Å². The number of nitrogens with one attached hydrogen (secondary N) is 1. The first-order valence-corrected chi connectivity index (χ1v) is 7.92. The number of fused-ring (bicyclic) bond motifs is 1. The lowest BCUT2D eigenvalue weighted by molar-refractivity contribution is -0.123. The van der Waals surface area contributed by atoms with Crippen molar-refractivity contribution < 1.29 is 14.3 Å². The Morgan fingerprint density at radius 3 is 2.64 bits per heavy atom. The van der Waals surface area contributed by atoms with Gasteiger partial charge >= 0.3 is 0 Å². The number of pyridine rings is 1. The molecule has 2 aromatic rings. The van der Waals surface area contributed by atoms with Crippen LogP contribution in [0.1, 0.15) is 16.7 Å². The molecule has 25 heavy (non-hydrogen) atoms. The van der Waals surface area contributed by atoms with Crippen LogP contribution in [-0.4, -0.2) is 29.9 Å². The Hall–Kier alpha value is -3.09. The number of nitrogens with zero attached hydrogens (tertiary/aromatic N) is 2. The molecular formula is C18H20N4O3. The molecule has 1 aliphatic heterocycles. The number of aryl methyl sites for hydroxylation is 3. The molecule has 3 N–H and O–H groups in total. The van der Waals surface area contributed by atoms with E-state index in [1.165, 1.54) is 4.90 Å². The first kappa shape index (κ1) is 16.8. The molecule has 0 fully saturated rings. The van der Waals surface area contributed by atoms with Crippen LogP contribution < -0.4 is 20.7 Å². The van der Waals surface area contributed by atoms with Gasteiger partial charge in [0.2, 0.25) is 5.91 Å². The molecule has 7 heteroatoms. The zero-order valence-electron chi connectivity index (χ0n) is 14.4. The summed E-state index contributed by atoms with van der Waals surface area (Å²) >= 11 is 0. The number of nitrogens with two attached hydrogens (primary N) is 1. The molecule has 1 aromatic carbocycles. The van der Waals surface area contributed by atoms with Crippen LogP contribution in [0.4, 0.5) is 17.3 Å². The topological polar surface area (TPSA) is 97.5 Å². The van der Waals surface area contributed by atoms with Gasteiger partial charge in [0, 0.05) is 5.69 Å². The van der Waals surface area contributed by atoms with Crippen molar-refractivity contribution in [1.82, 2.24) is 4.98 Å². The van der Waals surface area contributed by atoms with Crippen molar-refractivity contribution in [2.24, 2.45) is 0 Å². The summed E-state index contributed by atoms with van der Waals surface area (Å²) in [6.45, 7) is 5.60. The van der Waals surface area contributed by atoms with E-state index in [0.717, 1.165) is 22.4 Å². The molecular weight excluding hydrogens is 320 g/mol. The molecule has 2 heterocycles. The van der Waals surface area contributed by atoms with Crippen LogP contribution in [0.3, 0.4) is 0 Å². The molecule has 0 radical (unpaired) electrons. The summed E-state index contributed by atoms with van der Waals surface area (Å²) in [4.78, 5) is 30.1. The molecule has 0 atom stereocenters. The average molecular weight is 340 g/mol. The Labute approximate surface area is 145 Å². The number of carbonyl (C=O) groups is 2. The third-order valence-corrected chi connectivity index (χ3v) is 4.01. The maximum absolute atomic E-state index is 12.5. The van der Waals surface area contributed by atoms with E-state index in [1.807, 2.05) is 32.9 Å². The van der Waals surface area contributed by atoms with Crippen LogP contribution in [0.5, 0.6) is 5.75 Å². The molecule has 7 nitrogen and oxygen atoms in total. The van der Waals surface area contributed by atoms with Crippen molar-refractivity contribution in [2.45, 2.75) is 20.8 Å². The number of benzene rings is 1. The number of aromatic nitrogens is 1. The van der Waals surface area contributed by atoms with E-state index in [2.05, 4.69) is 10.3 Å². The Bertz CT molecular complexity index is 840. The van der Waals surface area contributed by atoms with E-state index < -0.39 is 0 Å². The molecule has 3 rings (SSSR count). The first-order chi connectivity index (χ1) is 11.8. The highest BCUT2D eigenvalue weighted by Crippen LogP contribution is 2.30. The fraction of sp³-hybridized carbons (Fsp3) is 0.278. The molecule has 0 aliphatic carbocycles. The summed E-state index contributed by atoms with van der Waals surface area (Å²) in [6.07, 6.45) is 0. The van der Waals surface area contributed by atoms with Gasteiger partial charge in [-0.25, -0.2) is 4.98 Å². The van der Waals surface area contributed by atoms with E-state index in [4.69, 9.17) is 10.5 Å². The Kier molecular flexibility index (Phi) is 4.31.